The maximum absolute atomic E-state index is 12.3. The molecule has 4 nitrogen and oxygen atoms in total. The first kappa shape index (κ1) is 15.2. The van der Waals surface area contributed by atoms with E-state index in [0.717, 1.165) is 17.5 Å². The van der Waals surface area contributed by atoms with Gasteiger partial charge in [0, 0.05) is 18.7 Å². The van der Waals surface area contributed by atoms with E-state index in [1.807, 2.05) is 41.3 Å². The van der Waals surface area contributed by atoms with Crippen molar-refractivity contribution >= 4 is 23.3 Å². The van der Waals surface area contributed by atoms with Crippen LogP contribution >= 0.6 is 11.6 Å². The van der Waals surface area contributed by atoms with Gasteiger partial charge >= 0.3 is 6.09 Å². The van der Waals surface area contributed by atoms with Gasteiger partial charge in [-0.15, -0.1) is 0 Å². The van der Waals surface area contributed by atoms with Crippen LogP contribution in [0.1, 0.15) is 17.5 Å². The van der Waals surface area contributed by atoms with Gasteiger partial charge in [-0.3, -0.25) is 0 Å². The maximum atomic E-state index is 12.3. The van der Waals surface area contributed by atoms with Crippen molar-refractivity contribution in [1.29, 1.82) is 0 Å². The first-order valence-corrected chi connectivity index (χ1v) is 8.39. The van der Waals surface area contributed by atoms with Gasteiger partial charge in [0.15, 0.2) is 0 Å². The Morgan fingerprint density at radius 3 is 2.75 bits per heavy atom. The summed E-state index contributed by atoms with van der Waals surface area (Å²) in [6, 6.07) is 13.6. The Labute approximate surface area is 145 Å². The van der Waals surface area contributed by atoms with Crippen molar-refractivity contribution in [1.82, 2.24) is 9.88 Å². The zero-order valence-corrected chi connectivity index (χ0v) is 13.8. The topological polar surface area (TPSA) is 42.4 Å². The third kappa shape index (κ3) is 2.89. The average molecular weight is 341 g/mol. The van der Waals surface area contributed by atoms with Gasteiger partial charge in [0.2, 0.25) is 0 Å². The lowest BCUT2D eigenvalue weighted by Gasteiger charge is -2.25. The number of hydrogen-bond acceptors (Lipinski definition) is 3. The summed E-state index contributed by atoms with van der Waals surface area (Å²) < 4.78 is 5.45. The van der Waals surface area contributed by atoms with Crippen LogP contribution in [0.2, 0.25) is 5.15 Å². The largest absolute Gasteiger partial charge is 0.445 e. The standard InChI is InChI=1S/C19H17ClN2O2/c20-18-7-6-14(10-21-18)17-9-16-8-15(17)11-22(16)19(23)24-12-13-4-2-1-3-5-13/h1-7,9-10,15-16H,8,11-12H2/t15-,16-/m0/s1. The first-order chi connectivity index (χ1) is 11.7. The average Bonchev–Trinajstić information content (AvgIpc) is 3.22. The molecule has 0 N–H and O–H groups in total. The van der Waals surface area contributed by atoms with Crippen LogP contribution in [-0.4, -0.2) is 28.6 Å². The van der Waals surface area contributed by atoms with E-state index in [2.05, 4.69) is 11.1 Å². The van der Waals surface area contributed by atoms with Crippen LogP contribution in [0.4, 0.5) is 4.79 Å². The van der Waals surface area contributed by atoms with E-state index in [-0.39, 0.29) is 12.1 Å². The minimum Gasteiger partial charge on any atom is -0.445 e. The number of likely N-dealkylation sites (tertiary alicyclic amines) is 1. The molecule has 0 unspecified atom stereocenters. The normalized spacial score (nSPS) is 21.7. The van der Waals surface area contributed by atoms with Crippen LogP contribution in [0.3, 0.4) is 0 Å². The number of aromatic nitrogens is 1. The number of ether oxygens (including phenoxy) is 1. The molecule has 0 radical (unpaired) electrons. The molecule has 2 bridgehead atoms. The highest BCUT2D eigenvalue weighted by molar-refractivity contribution is 6.29. The Hall–Kier alpha value is -2.33. The molecular formula is C19H17ClN2O2. The van der Waals surface area contributed by atoms with Crippen molar-refractivity contribution in [2.45, 2.75) is 19.1 Å². The van der Waals surface area contributed by atoms with Crippen LogP contribution in [0.25, 0.3) is 5.57 Å². The number of rotatable bonds is 3. The smallest absolute Gasteiger partial charge is 0.410 e. The van der Waals surface area contributed by atoms with E-state index in [1.54, 1.807) is 12.3 Å². The zero-order chi connectivity index (χ0) is 16.5. The number of carbonyl (C=O) groups is 1. The van der Waals surface area contributed by atoms with Crippen molar-refractivity contribution in [3.05, 3.63) is 71.0 Å². The highest BCUT2D eigenvalue weighted by Gasteiger charge is 2.42. The second-order valence-electron chi connectivity index (χ2n) is 6.18. The molecule has 0 spiro atoms. The van der Waals surface area contributed by atoms with Crippen molar-refractivity contribution in [3.63, 3.8) is 0 Å². The molecule has 24 heavy (non-hydrogen) atoms. The predicted octanol–water partition coefficient (Wildman–Crippen LogP) is 4.16. The molecule has 1 aromatic heterocycles. The Bertz CT molecular complexity index is 774. The summed E-state index contributed by atoms with van der Waals surface area (Å²) in [5.41, 5.74) is 3.35. The van der Waals surface area contributed by atoms with E-state index < -0.39 is 0 Å². The highest BCUT2D eigenvalue weighted by Crippen LogP contribution is 2.42. The summed E-state index contributed by atoms with van der Waals surface area (Å²) in [4.78, 5) is 18.3. The summed E-state index contributed by atoms with van der Waals surface area (Å²) >= 11 is 5.85. The minimum absolute atomic E-state index is 0.115. The summed E-state index contributed by atoms with van der Waals surface area (Å²) in [5, 5.41) is 0.494. The van der Waals surface area contributed by atoms with Crippen molar-refractivity contribution in [2.75, 3.05) is 6.54 Å². The number of benzene rings is 1. The Morgan fingerprint density at radius 2 is 2.08 bits per heavy atom. The molecule has 5 heteroatoms. The Morgan fingerprint density at radius 1 is 1.25 bits per heavy atom. The fraction of sp³-hybridized carbons (Fsp3) is 0.263. The fourth-order valence-electron chi connectivity index (χ4n) is 3.48. The second-order valence-corrected chi connectivity index (χ2v) is 6.57. The van der Waals surface area contributed by atoms with Gasteiger partial charge < -0.3 is 9.64 Å². The van der Waals surface area contributed by atoms with Crippen LogP contribution in [0.15, 0.2) is 54.7 Å². The van der Waals surface area contributed by atoms with Gasteiger partial charge in [0.05, 0.1) is 6.04 Å². The molecule has 1 saturated heterocycles. The first-order valence-electron chi connectivity index (χ1n) is 8.01. The Balaban J connectivity index is 1.41. The number of halogens is 1. The van der Waals surface area contributed by atoms with E-state index in [1.165, 1.54) is 5.57 Å². The van der Waals surface area contributed by atoms with E-state index in [0.29, 0.717) is 24.2 Å². The quantitative estimate of drug-likeness (QED) is 0.788. The third-order valence-electron chi connectivity index (χ3n) is 4.66. The summed E-state index contributed by atoms with van der Waals surface area (Å²) in [5.74, 6) is 0.349. The van der Waals surface area contributed by atoms with E-state index in [4.69, 9.17) is 16.3 Å². The van der Waals surface area contributed by atoms with Crippen molar-refractivity contribution in [3.8, 4) is 0 Å². The number of hydrogen-bond donors (Lipinski definition) is 0. The fourth-order valence-corrected chi connectivity index (χ4v) is 3.60. The lowest BCUT2D eigenvalue weighted by Crippen LogP contribution is -2.36. The maximum Gasteiger partial charge on any atom is 0.410 e. The highest BCUT2D eigenvalue weighted by atomic mass is 35.5. The third-order valence-corrected chi connectivity index (χ3v) is 4.88. The van der Waals surface area contributed by atoms with E-state index >= 15 is 0 Å². The zero-order valence-electron chi connectivity index (χ0n) is 13.1. The number of pyridine rings is 1. The van der Waals surface area contributed by atoms with Gasteiger partial charge in [-0.05, 0) is 29.2 Å². The molecule has 122 valence electrons. The van der Waals surface area contributed by atoms with Crippen LogP contribution in [-0.2, 0) is 11.3 Å². The molecule has 1 fully saturated rings. The monoisotopic (exact) mass is 340 g/mol. The van der Waals surface area contributed by atoms with Crippen LogP contribution in [0.5, 0.6) is 0 Å². The van der Waals surface area contributed by atoms with Crippen LogP contribution in [0, 0.1) is 5.92 Å². The van der Waals surface area contributed by atoms with Gasteiger partial charge in [-0.2, -0.15) is 0 Å². The lowest BCUT2D eigenvalue weighted by molar-refractivity contribution is 0.0962. The molecule has 2 aliphatic rings. The van der Waals surface area contributed by atoms with Crippen molar-refractivity contribution in [2.24, 2.45) is 5.92 Å². The molecule has 2 aromatic rings. The van der Waals surface area contributed by atoms with Gasteiger partial charge in [0.25, 0.3) is 0 Å². The minimum atomic E-state index is -0.240. The van der Waals surface area contributed by atoms with Gasteiger partial charge in [0.1, 0.15) is 11.8 Å². The van der Waals surface area contributed by atoms with Gasteiger partial charge in [-0.1, -0.05) is 54.1 Å². The summed E-state index contributed by atoms with van der Waals surface area (Å²) in [6.07, 6.45) is 4.67. The molecule has 1 aliphatic carbocycles. The summed E-state index contributed by atoms with van der Waals surface area (Å²) in [6.45, 7) is 1.01. The number of nitrogens with zero attached hydrogens (tertiary/aromatic N) is 2. The number of amides is 1. The van der Waals surface area contributed by atoms with Crippen molar-refractivity contribution < 1.29 is 9.53 Å². The molecule has 4 rings (SSSR count). The molecule has 1 aliphatic heterocycles. The molecule has 2 atom stereocenters. The number of carbonyl (C=O) groups excluding carboxylic acids is 1. The lowest BCUT2D eigenvalue weighted by atomic mass is 9.97. The summed E-state index contributed by atoms with van der Waals surface area (Å²) in [7, 11) is 0. The molecule has 2 heterocycles. The SMILES string of the molecule is O=C(OCc1ccccc1)N1C[C@@H]2C[C@H]1C=C2c1ccc(Cl)nc1. The number of fused-ring (bicyclic) bond motifs is 2. The molecular weight excluding hydrogens is 324 g/mol. The predicted molar refractivity (Wildman–Crippen MR) is 92.5 cm³/mol. The van der Waals surface area contributed by atoms with E-state index in [9.17, 15) is 4.79 Å². The molecule has 0 saturated carbocycles. The van der Waals surface area contributed by atoms with Crippen LogP contribution < -0.4 is 0 Å². The molecule has 1 amide bonds. The Kier molecular flexibility index (Phi) is 3.98. The molecule has 1 aromatic carbocycles. The second kappa shape index (κ2) is 6.29. The van der Waals surface area contributed by atoms with Gasteiger partial charge in [-0.25, -0.2) is 9.78 Å².